The lowest BCUT2D eigenvalue weighted by Crippen LogP contribution is -2.06. The molecule has 2 heterocycles. The van der Waals surface area contributed by atoms with Gasteiger partial charge in [-0.15, -0.1) is 0 Å². The van der Waals surface area contributed by atoms with Crippen LogP contribution < -0.4 is 0 Å². The third-order valence-corrected chi connectivity index (χ3v) is 1.91. The molecule has 0 amide bonds. The maximum absolute atomic E-state index is 13.2. The fourth-order valence-electron chi connectivity index (χ4n) is 1.19. The second-order valence-corrected chi connectivity index (χ2v) is 2.90. The summed E-state index contributed by atoms with van der Waals surface area (Å²) >= 11 is 0. The van der Waals surface area contributed by atoms with Crippen LogP contribution in [0.2, 0.25) is 0 Å². The van der Waals surface area contributed by atoms with Gasteiger partial charge < -0.3 is 0 Å². The van der Waals surface area contributed by atoms with Crippen LogP contribution in [0.3, 0.4) is 0 Å². The molecule has 15 heavy (non-hydrogen) atoms. The van der Waals surface area contributed by atoms with Gasteiger partial charge in [0, 0.05) is 12.4 Å². The molecular formula is C11H7FN2O. The molecule has 0 aliphatic heterocycles. The number of aromatic nitrogens is 2. The summed E-state index contributed by atoms with van der Waals surface area (Å²) in [5.41, 5.74) is 0.214. The SMILES string of the molecule is O=C(c1ccccn1)c1ccncc1F. The molecule has 0 spiro atoms. The first-order chi connectivity index (χ1) is 7.29. The van der Waals surface area contributed by atoms with E-state index in [1.54, 1.807) is 18.2 Å². The Balaban J connectivity index is 2.42. The van der Waals surface area contributed by atoms with Crippen LogP contribution in [0.5, 0.6) is 0 Å². The summed E-state index contributed by atoms with van der Waals surface area (Å²) in [4.78, 5) is 19.2. The molecule has 0 unspecified atom stereocenters. The van der Waals surface area contributed by atoms with Gasteiger partial charge in [0.15, 0.2) is 5.82 Å². The second kappa shape index (κ2) is 3.96. The van der Waals surface area contributed by atoms with Gasteiger partial charge in [0.25, 0.3) is 0 Å². The number of ketones is 1. The number of pyridine rings is 2. The molecule has 0 fully saturated rings. The number of rotatable bonds is 2. The maximum atomic E-state index is 13.2. The first kappa shape index (κ1) is 9.45. The average molecular weight is 202 g/mol. The Bertz CT molecular complexity index is 485. The molecule has 0 radical (unpaired) electrons. The van der Waals surface area contributed by atoms with Gasteiger partial charge in [0.1, 0.15) is 5.69 Å². The van der Waals surface area contributed by atoms with Gasteiger partial charge in [-0.05, 0) is 18.2 Å². The molecule has 0 N–H and O–H groups in total. The molecule has 3 nitrogen and oxygen atoms in total. The molecule has 2 aromatic heterocycles. The average Bonchev–Trinajstić information content (AvgIpc) is 2.30. The largest absolute Gasteiger partial charge is 0.287 e. The lowest BCUT2D eigenvalue weighted by molar-refractivity contribution is 0.103. The van der Waals surface area contributed by atoms with E-state index in [9.17, 15) is 9.18 Å². The highest BCUT2D eigenvalue weighted by Crippen LogP contribution is 2.09. The zero-order valence-electron chi connectivity index (χ0n) is 7.72. The Labute approximate surface area is 85.6 Å². The van der Waals surface area contributed by atoms with Crippen molar-refractivity contribution >= 4 is 5.78 Å². The summed E-state index contributed by atoms with van der Waals surface area (Å²) < 4.78 is 13.2. The lowest BCUT2D eigenvalue weighted by atomic mass is 10.1. The van der Waals surface area contributed by atoms with Crippen LogP contribution in [0, 0.1) is 5.82 Å². The maximum Gasteiger partial charge on any atom is 0.214 e. The Hall–Kier alpha value is -2.10. The quantitative estimate of drug-likeness (QED) is 0.698. The second-order valence-electron chi connectivity index (χ2n) is 2.90. The van der Waals surface area contributed by atoms with Crippen LogP contribution in [-0.2, 0) is 0 Å². The van der Waals surface area contributed by atoms with Crippen LogP contribution in [-0.4, -0.2) is 15.8 Å². The van der Waals surface area contributed by atoms with Crippen LogP contribution in [0.4, 0.5) is 4.39 Å². The summed E-state index contributed by atoms with van der Waals surface area (Å²) in [7, 11) is 0. The van der Waals surface area contributed by atoms with E-state index < -0.39 is 11.6 Å². The van der Waals surface area contributed by atoms with Crippen molar-refractivity contribution in [2.24, 2.45) is 0 Å². The fourth-order valence-corrected chi connectivity index (χ4v) is 1.19. The first-order valence-corrected chi connectivity index (χ1v) is 4.34. The minimum absolute atomic E-state index is 0.0105. The van der Waals surface area contributed by atoms with E-state index in [1.807, 2.05) is 0 Å². The van der Waals surface area contributed by atoms with E-state index in [0.717, 1.165) is 6.20 Å². The van der Waals surface area contributed by atoms with Crippen LogP contribution in [0.1, 0.15) is 16.1 Å². The summed E-state index contributed by atoms with van der Waals surface area (Å²) in [6, 6.07) is 6.26. The monoisotopic (exact) mass is 202 g/mol. The number of hydrogen-bond donors (Lipinski definition) is 0. The van der Waals surface area contributed by atoms with E-state index in [2.05, 4.69) is 9.97 Å². The van der Waals surface area contributed by atoms with Crippen molar-refractivity contribution < 1.29 is 9.18 Å². The van der Waals surface area contributed by atoms with Crippen molar-refractivity contribution in [2.45, 2.75) is 0 Å². The fraction of sp³-hybridized carbons (Fsp3) is 0. The number of carbonyl (C=O) groups is 1. The van der Waals surface area contributed by atoms with Gasteiger partial charge in [-0.1, -0.05) is 6.07 Å². The van der Waals surface area contributed by atoms with E-state index >= 15 is 0 Å². The van der Waals surface area contributed by atoms with E-state index in [-0.39, 0.29) is 11.3 Å². The predicted molar refractivity (Wildman–Crippen MR) is 51.9 cm³/mol. The summed E-state index contributed by atoms with van der Waals surface area (Å²) in [5.74, 6) is -1.07. The third kappa shape index (κ3) is 1.88. The molecule has 4 heteroatoms. The van der Waals surface area contributed by atoms with Crippen molar-refractivity contribution in [1.29, 1.82) is 0 Å². The Kier molecular flexibility index (Phi) is 2.49. The van der Waals surface area contributed by atoms with Crippen molar-refractivity contribution in [3.8, 4) is 0 Å². The number of halogens is 1. The standard InChI is InChI=1S/C11H7FN2O/c12-9-7-13-6-4-8(9)11(15)10-3-1-2-5-14-10/h1-7H. The van der Waals surface area contributed by atoms with Crippen molar-refractivity contribution in [3.05, 3.63) is 59.9 Å². The molecule has 2 rings (SSSR count). The normalized spacial score (nSPS) is 9.93. The minimum atomic E-state index is -0.631. The van der Waals surface area contributed by atoms with Gasteiger partial charge in [0.05, 0.1) is 11.8 Å². The van der Waals surface area contributed by atoms with Crippen molar-refractivity contribution in [2.75, 3.05) is 0 Å². The molecule has 0 saturated carbocycles. The molecule has 0 saturated heterocycles. The molecular weight excluding hydrogens is 195 g/mol. The van der Waals surface area contributed by atoms with E-state index in [0.29, 0.717) is 0 Å². The van der Waals surface area contributed by atoms with Gasteiger partial charge in [-0.25, -0.2) is 4.39 Å². The zero-order chi connectivity index (χ0) is 10.7. The van der Waals surface area contributed by atoms with Crippen molar-refractivity contribution in [3.63, 3.8) is 0 Å². The van der Waals surface area contributed by atoms with E-state index in [4.69, 9.17) is 0 Å². The van der Waals surface area contributed by atoms with Crippen molar-refractivity contribution in [1.82, 2.24) is 9.97 Å². The highest BCUT2D eigenvalue weighted by Gasteiger charge is 2.13. The van der Waals surface area contributed by atoms with Gasteiger partial charge >= 0.3 is 0 Å². The van der Waals surface area contributed by atoms with Gasteiger partial charge in [-0.2, -0.15) is 0 Å². The lowest BCUT2D eigenvalue weighted by Gasteiger charge is -2.00. The van der Waals surface area contributed by atoms with Crippen LogP contribution in [0.15, 0.2) is 42.9 Å². The zero-order valence-corrected chi connectivity index (χ0v) is 7.72. The molecule has 0 aliphatic rings. The highest BCUT2D eigenvalue weighted by atomic mass is 19.1. The molecule has 0 bridgehead atoms. The minimum Gasteiger partial charge on any atom is -0.287 e. The van der Waals surface area contributed by atoms with Gasteiger partial charge in [-0.3, -0.25) is 14.8 Å². The highest BCUT2D eigenvalue weighted by molar-refractivity contribution is 6.07. The smallest absolute Gasteiger partial charge is 0.214 e. The Morgan fingerprint density at radius 2 is 2.07 bits per heavy atom. The predicted octanol–water partition coefficient (Wildman–Crippen LogP) is 1.85. The molecule has 0 aromatic carbocycles. The number of nitrogens with zero attached hydrogens (tertiary/aromatic N) is 2. The Morgan fingerprint density at radius 3 is 2.73 bits per heavy atom. The first-order valence-electron chi connectivity index (χ1n) is 4.34. The van der Waals surface area contributed by atoms with Crippen LogP contribution >= 0.6 is 0 Å². The molecule has 0 aliphatic carbocycles. The topological polar surface area (TPSA) is 42.9 Å². The Morgan fingerprint density at radius 1 is 1.20 bits per heavy atom. The molecule has 0 atom stereocenters. The summed E-state index contributed by atoms with van der Waals surface area (Å²) in [6.07, 6.45) is 3.88. The van der Waals surface area contributed by atoms with Gasteiger partial charge in [0.2, 0.25) is 5.78 Å². The summed E-state index contributed by atoms with van der Waals surface area (Å²) in [6.45, 7) is 0. The van der Waals surface area contributed by atoms with E-state index in [1.165, 1.54) is 18.5 Å². The van der Waals surface area contributed by atoms with Crippen LogP contribution in [0.25, 0.3) is 0 Å². The third-order valence-electron chi connectivity index (χ3n) is 1.91. The molecule has 2 aromatic rings. The number of carbonyl (C=O) groups excluding carboxylic acids is 1. The number of hydrogen-bond acceptors (Lipinski definition) is 3. The molecule has 74 valence electrons. The summed E-state index contributed by atoms with van der Waals surface area (Å²) in [5, 5.41) is 0.